The lowest BCUT2D eigenvalue weighted by Gasteiger charge is -2.20. The number of halogens is 3. The first-order chi connectivity index (χ1) is 13.2. The summed E-state index contributed by atoms with van der Waals surface area (Å²) < 4.78 is 65.6. The predicted octanol–water partition coefficient (Wildman–Crippen LogP) is 2.95. The van der Waals surface area contributed by atoms with Gasteiger partial charge in [-0.05, 0) is 35.2 Å². The Labute approximate surface area is 164 Å². The number of carbonyl (C=O) groups is 1. The number of rotatable bonds is 3. The Morgan fingerprint density at radius 1 is 1.10 bits per heavy atom. The van der Waals surface area contributed by atoms with Crippen LogP contribution in [0.1, 0.15) is 42.5 Å². The Hall–Kier alpha value is -2.88. The summed E-state index contributed by atoms with van der Waals surface area (Å²) in [5, 5.41) is 11.3. The quantitative estimate of drug-likeness (QED) is 0.643. The minimum Gasteiger partial charge on any atom is -0.543 e. The monoisotopic (exact) mass is 425 g/mol. The second kappa shape index (κ2) is 6.58. The normalized spacial score (nSPS) is 13.0. The van der Waals surface area contributed by atoms with E-state index in [1.54, 1.807) is 6.07 Å². The van der Waals surface area contributed by atoms with E-state index >= 15 is 0 Å². The molecule has 0 radical (unpaired) electrons. The molecule has 0 saturated heterocycles. The van der Waals surface area contributed by atoms with Gasteiger partial charge in [-0.25, -0.2) is 17.4 Å². The number of aromatic carboxylic acids is 1. The molecule has 6 nitrogen and oxygen atoms in total. The van der Waals surface area contributed by atoms with Gasteiger partial charge in [-0.2, -0.15) is 13.2 Å². The summed E-state index contributed by atoms with van der Waals surface area (Å²) in [5.41, 5.74) is -2.05. The highest BCUT2D eigenvalue weighted by Crippen LogP contribution is 2.32. The van der Waals surface area contributed by atoms with Crippen LogP contribution in [-0.2, 0) is 21.6 Å². The van der Waals surface area contributed by atoms with Gasteiger partial charge in [-0.1, -0.05) is 32.9 Å². The van der Waals surface area contributed by atoms with Crippen LogP contribution in [0.5, 0.6) is 0 Å². The van der Waals surface area contributed by atoms with Gasteiger partial charge in [0.05, 0.1) is 28.3 Å². The molecule has 2 aromatic heterocycles. The number of hydrogen-bond acceptors (Lipinski definition) is 5. The molecule has 10 heteroatoms. The summed E-state index contributed by atoms with van der Waals surface area (Å²) in [7, 11) is -4.45. The number of pyridine rings is 1. The fraction of sp³-hybridized carbons (Fsp3) is 0.263. The van der Waals surface area contributed by atoms with Crippen LogP contribution in [0, 0.1) is 0 Å². The van der Waals surface area contributed by atoms with Crippen molar-refractivity contribution >= 4 is 26.9 Å². The van der Waals surface area contributed by atoms with Gasteiger partial charge in [0.25, 0.3) is 10.0 Å². The number of carboxylic acids is 1. The number of aromatic nitrogens is 2. The van der Waals surface area contributed by atoms with E-state index in [0.29, 0.717) is 21.8 Å². The number of benzene rings is 1. The van der Waals surface area contributed by atoms with Crippen molar-refractivity contribution in [2.24, 2.45) is 0 Å². The average molecular weight is 425 g/mol. The van der Waals surface area contributed by atoms with Gasteiger partial charge >= 0.3 is 6.18 Å². The van der Waals surface area contributed by atoms with Crippen LogP contribution in [0.25, 0.3) is 10.9 Å². The highest BCUT2D eigenvalue weighted by molar-refractivity contribution is 7.90. The Morgan fingerprint density at radius 3 is 2.31 bits per heavy atom. The fourth-order valence-corrected chi connectivity index (χ4v) is 4.40. The molecular formula is C19H16F3N2O4S-. The van der Waals surface area contributed by atoms with Crippen molar-refractivity contribution in [3.8, 4) is 0 Å². The molecule has 2 heterocycles. The zero-order chi connectivity index (χ0) is 21.8. The molecule has 0 aliphatic heterocycles. The van der Waals surface area contributed by atoms with E-state index < -0.39 is 33.6 Å². The number of hydrogen-bond donors (Lipinski definition) is 0. The molecule has 0 aliphatic carbocycles. The highest BCUT2D eigenvalue weighted by atomic mass is 32.2. The van der Waals surface area contributed by atoms with Crippen molar-refractivity contribution < 1.29 is 31.5 Å². The van der Waals surface area contributed by atoms with Crippen LogP contribution in [0.3, 0.4) is 0 Å². The lowest BCUT2D eigenvalue weighted by Crippen LogP contribution is -2.28. The van der Waals surface area contributed by atoms with Gasteiger partial charge in [-0.3, -0.25) is 0 Å². The first-order valence-corrected chi connectivity index (χ1v) is 9.83. The summed E-state index contributed by atoms with van der Waals surface area (Å²) in [6, 6.07) is 7.35. The Kier molecular flexibility index (Phi) is 4.73. The molecule has 0 atom stereocenters. The maximum absolute atomic E-state index is 13.2. The van der Waals surface area contributed by atoms with E-state index in [2.05, 4.69) is 4.98 Å². The summed E-state index contributed by atoms with van der Waals surface area (Å²) in [6.45, 7) is 5.62. The standard InChI is InChI=1S/C19H17F3N2O4S/c1-18(2,3)12-5-4-6-13(9-12)29(27,28)24-14(17(25)26)7-11-8-16(19(20,21)22)23-10-15(11)24/h4-10H,1-3H3,(H,25,26)/p-1. The number of carboxylic acid groups (broad SMARTS) is 1. The predicted molar refractivity (Wildman–Crippen MR) is 96.8 cm³/mol. The fourth-order valence-electron chi connectivity index (χ4n) is 2.87. The van der Waals surface area contributed by atoms with Gasteiger partial charge in [0.2, 0.25) is 0 Å². The molecule has 0 amide bonds. The maximum atomic E-state index is 13.2. The van der Waals surface area contributed by atoms with Crippen molar-refractivity contribution in [2.75, 3.05) is 0 Å². The second-order valence-corrected chi connectivity index (χ2v) is 9.28. The molecular weight excluding hydrogens is 409 g/mol. The lowest BCUT2D eigenvalue weighted by molar-refractivity contribution is -0.255. The lowest BCUT2D eigenvalue weighted by atomic mass is 9.87. The molecule has 0 N–H and O–H groups in total. The summed E-state index contributed by atoms with van der Waals surface area (Å²) in [5.74, 6) is -1.84. The minimum absolute atomic E-state index is 0.204. The SMILES string of the molecule is CC(C)(C)c1cccc(S(=O)(=O)n2c(C(=O)[O-])cc3cc(C(F)(F)F)ncc32)c1. The van der Waals surface area contributed by atoms with Crippen molar-refractivity contribution in [1.29, 1.82) is 0 Å². The molecule has 29 heavy (non-hydrogen) atoms. The highest BCUT2D eigenvalue weighted by Gasteiger charge is 2.34. The molecule has 0 fully saturated rings. The molecule has 0 unspecified atom stereocenters. The zero-order valence-electron chi connectivity index (χ0n) is 15.6. The maximum Gasteiger partial charge on any atom is 0.433 e. The second-order valence-electron chi connectivity index (χ2n) is 7.49. The number of fused-ring (bicyclic) bond motifs is 1. The Bertz CT molecular complexity index is 1220. The van der Waals surface area contributed by atoms with Crippen molar-refractivity contribution in [1.82, 2.24) is 8.96 Å². The van der Waals surface area contributed by atoms with E-state index in [0.717, 1.165) is 6.07 Å². The molecule has 3 aromatic rings. The Morgan fingerprint density at radius 2 is 1.76 bits per heavy atom. The van der Waals surface area contributed by atoms with Crippen LogP contribution >= 0.6 is 0 Å². The van der Waals surface area contributed by atoms with Gasteiger partial charge < -0.3 is 9.90 Å². The average Bonchev–Trinajstić information content (AvgIpc) is 3.00. The molecule has 0 spiro atoms. The van der Waals surface area contributed by atoms with Crippen LogP contribution in [0.15, 0.2) is 47.5 Å². The van der Waals surface area contributed by atoms with Crippen LogP contribution < -0.4 is 5.11 Å². The molecule has 1 aromatic carbocycles. The molecule has 154 valence electrons. The van der Waals surface area contributed by atoms with E-state index in [-0.39, 0.29) is 21.2 Å². The largest absolute Gasteiger partial charge is 0.543 e. The number of carbonyl (C=O) groups excluding carboxylic acids is 1. The van der Waals surface area contributed by atoms with E-state index in [4.69, 9.17) is 0 Å². The van der Waals surface area contributed by atoms with Crippen LogP contribution in [0.4, 0.5) is 13.2 Å². The van der Waals surface area contributed by atoms with Crippen LogP contribution in [0.2, 0.25) is 0 Å². The van der Waals surface area contributed by atoms with Gasteiger partial charge in [0, 0.05) is 5.39 Å². The molecule has 0 aliphatic rings. The van der Waals surface area contributed by atoms with Crippen LogP contribution in [-0.4, -0.2) is 23.3 Å². The van der Waals surface area contributed by atoms with Gasteiger partial charge in [-0.15, -0.1) is 0 Å². The van der Waals surface area contributed by atoms with Crippen molar-refractivity contribution in [2.45, 2.75) is 37.3 Å². The van der Waals surface area contributed by atoms with E-state index in [1.807, 2.05) is 20.8 Å². The Balaban J connectivity index is 2.30. The van der Waals surface area contributed by atoms with E-state index in [1.165, 1.54) is 18.2 Å². The zero-order valence-corrected chi connectivity index (χ0v) is 16.4. The van der Waals surface area contributed by atoms with E-state index in [9.17, 15) is 31.5 Å². The first-order valence-electron chi connectivity index (χ1n) is 8.39. The molecule has 3 rings (SSSR count). The summed E-state index contributed by atoms with van der Waals surface area (Å²) >= 11 is 0. The third kappa shape index (κ3) is 3.71. The number of nitrogens with zero attached hydrogens (tertiary/aromatic N) is 2. The first kappa shape index (κ1) is 20.8. The summed E-state index contributed by atoms with van der Waals surface area (Å²) in [6.07, 6.45) is -4.08. The topological polar surface area (TPSA) is 92.1 Å². The summed E-state index contributed by atoms with van der Waals surface area (Å²) in [4.78, 5) is 14.6. The smallest absolute Gasteiger partial charge is 0.433 e. The van der Waals surface area contributed by atoms with Crippen molar-refractivity contribution in [3.63, 3.8) is 0 Å². The third-order valence-electron chi connectivity index (χ3n) is 4.38. The van der Waals surface area contributed by atoms with Gasteiger partial charge in [0.15, 0.2) is 0 Å². The minimum atomic E-state index is -4.77. The van der Waals surface area contributed by atoms with Crippen molar-refractivity contribution in [3.05, 3.63) is 59.5 Å². The molecule has 0 bridgehead atoms. The number of alkyl halides is 3. The van der Waals surface area contributed by atoms with Gasteiger partial charge in [0.1, 0.15) is 5.69 Å². The molecule has 0 saturated carbocycles. The third-order valence-corrected chi connectivity index (χ3v) is 6.11.